The van der Waals surface area contributed by atoms with Crippen molar-refractivity contribution in [2.24, 2.45) is 5.92 Å². The molecule has 1 aliphatic rings. The lowest BCUT2D eigenvalue weighted by molar-refractivity contribution is 0.393. The van der Waals surface area contributed by atoms with Crippen LogP contribution in [0.4, 0.5) is 5.69 Å². The Kier molecular flexibility index (Phi) is 3.35. The Morgan fingerprint density at radius 2 is 2.57 bits per heavy atom. The number of hydrogen-bond donors (Lipinski definition) is 2. The topological polar surface area (TPSA) is 37.0 Å². The summed E-state index contributed by atoms with van der Waals surface area (Å²) >= 11 is 0. The van der Waals surface area contributed by atoms with Gasteiger partial charge in [-0.2, -0.15) is 0 Å². The normalized spacial score (nSPS) is 21.9. The zero-order valence-electron chi connectivity index (χ0n) is 8.37. The maximum absolute atomic E-state index is 4.07. The Balaban J connectivity index is 1.76. The second-order valence-corrected chi connectivity index (χ2v) is 3.83. The van der Waals surface area contributed by atoms with Crippen LogP contribution in [0.1, 0.15) is 12.8 Å². The highest BCUT2D eigenvalue weighted by Gasteiger charge is 2.11. The van der Waals surface area contributed by atoms with Crippen molar-refractivity contribution in [1.29, 1.82) is 0 Å². The SMILES string of the molecule is c1cncc(NCC2CCCNC2)c1. The summed E-state index contributed by atoms with van der Waals surface area (Å²) in [6.45, 7) is 3.38. The third-order valence-electron chi connectivity index (χ3n) is 2.66. The van der Waals surface area contributed by atoms with E-state index in [2.05, 4.69) is 21.7 Å². The molecule has 0 aliphatic carbocycles. The molecule has 0 bridgehead atoms. The second-order valence-electron chi connectivity index (χ2n) is 3.83. The summed E-state index contributed by atoms with van der Waals surface area (Å²) in [5.74, 6) is 0.768. The molecule has 14 heavy (non-hydrogen) atoms. The van der Waals surface area contributed by atoms with E-state index < -0.39 is 0 Å². The van der Waals surface area contributed by atoms with Gasteiger partial charge in [0.15, 0.2) is 0 Å². The van der Waals surface area contributed by atoms with Crippen molar-refractivity contribution in [3.63, 3.8) is 0 Å². The minimum Gasteiger partial charge on any atom is -0.383 e. The van der Waals surface area contributed by atoms with Gasteiger partial charge >= 0.3 is 0 Å². The Morgan fingerprint density at radius 3 is 3.29 bits per heavy atom. The molecule has 0 radical (unpaired) electrons. The molecular formula is C11H17N3. The summed E-state index contributed by atoms with van der Waals surface area (Å²) < 4.78 is 0. The maximum Gasteiger partial charge on any atom is 0.0526 e. The van der Waals surface area contributed by atoms with Crippen LogP contribution in [0.5, 0.6) is 0 Å². The molecule has 1 unspecified atom stereocenters. The summed E-state index contributed by atoms with van der Waals surface area (Å²) in [5.41, 5.74) is 1.12. The minimum atomic E-state index is 0.768. The van der Waals surface area contributed by atoms with Gasteiger partial charge in [0.05, 0.1) is 5.69 Å². The average molecular weight is 191 g/mol. The van der Waals surface area contributed by atoms with Gasteiger partial charge in [0.25, 0.3) is 0 Å². The molecule has 1 atom stereocenters. The number of piperidine rings is 1. The molecule has 1 aromatic rings. The standard InChI is InChI=1S/C11H17N3/c1-3-10(7-12-5-1)8-14-11-4-2-6-13-9-11/h2,4,6,9-10,12,14H,1,3,5,7-8H2. The Bertz CT molecular complexity index is 254. The third-order valence-corrected chi connectivity index (χ3v) is 2.66. The first kappa shape index (κ1) is 9.46. The van der Waals surface area contributed by atoms with Crippen molar-refractivity contribution >= 4 is 5.69 Å². The van der Waals surface area contributed by atoms with Gasteiger partial charge in [0, 0.05) is 18.9 Å². The summed E-state index contributed by atoms with van der Waals surface area (Å²) in [4.78, 5) is 4.07. The highest BCUT2D eigenvalue weighted by Crippen LogP contribution is 2.11. The smallest absolute Gasteiger partial charge is 0.0526 e. The molecule has 2 rings (SSSR count). The van der Waals surface area contributed by atoms with Crippen LogP contribution in [0, 0.1) is 5.92 Å². The lowest BCUT2D eigenvalue weighted by Gasteiger charge is -2.23. The monoisotopic (exact) mass is 191 g/mol. The van der Waals surface area contributed by atoms with Gasteiger partial charge in [-0.25, -0.2) is 0 Å². The molecule has 1 aliphatic heterocycles. The van der Waals surface area contributed by atoms with Gasteiger partial charge in [-0.1, -0.05) is 0 Å². The van der Waals surface area contributed by atoms with Crippen molar-refractivity contribution in [3.8, 4) is 0 Å². The number of anilines is 1. The lowest BCUT2D eigenvalue weighted by atomic mass is 10.00. The summed E-state index contributed by atoms with van der Waals surface area (Å²) in [6.07, 6.45) is 6.31. The predicted molar refractivity (Wildman–Crippen MR) is 58.3 cm³/mol. The van der Waals surface area contributed by atoms with Crippen LogP contribution in [0.25, 0.3) is 0 Å². The van der Waals surface area contributed by atoms with Crippen molar-refractivity contribution in [2.45, 2.75) is 12.8 Å². The average Bonchev–Trinajstić information content (AvgIpc) is 2.29. The molecule has 0 amide bonds. The van der Waals surface area contributed by atoms with E-state index in [1.807, 2.05) is 12.3 Å². The first-order valence-electron chi connectivity index (χ1n) is 5.30. The van der Waals surface area contributed by atoms with Gasteiger partial charge in [0.2, 0.25) is 0 Å². The van der Waals surface area contributed by atoms with Crippen LogP contribution in [-0.4, -0.2) is 24.6 Å². The van der Waals surface area contributed by atoms with E-state index in [0.717, 1.165) is 24.7 Å². The van der Waals surface area contributed by atoms with E-state index in [1.165, 1.54) is 19.4 Å². The van der Waals surface area contributed by atoms with E-state index in [9.17, 15) is 0 Å². The highest BCUT2D eigenvalue weighted by atomic mass is 14.9. The quantitative estimate of drug-likeness (QED) is 0.760. The van der Waals surface area contributed by atoms with Crippen LogP contribution in [0.3, 0.4) is 0 Å². The Labute approximate surface area is 84.9 Å². The molecule has 1 fully saturated rings. The number of nitrogens with one attached hydrogen (secondary N) is 2. The van der Waals surface area contributed by atoms with Gasteiger partial charge in [0.1, 0.15) is 0 Å². The molecule has 3 heteroatoms. The number of aromatic nitrogens is 1. The molecular weight excluding hydrogens is 174 g/mol. The van der Waals surface area contributed by atoms with E-state index in [1.54, 1.807) is 6.20 Å². The predicted octanol–water partition coefficient (Wildman–Crippen LogP) is 1.49. The molecule has 3 nitrogen and oxygen atoms in total. The lowest BCUT2D eigenvalue weighted by Crippen LogP contribution is -2.33. The van der Waals surface area contributed by atoms with E-state index in [4.69, 9.17) is 0 Å². The number of pyridine rings is 1. The van der Waals surface area contributed by atoms with Crippen LogP contribution < -0.4 is 10.6 Å². The molecule has 1 aromatic heterocycles. The summed E-state index contributed by atoms with van der Waals surface area (Å²) in [6, 6.07) is 4.02. The van der Waals surface area contributed by atoms with Crippen molar-refractivity contribution in [2.75, 3.05) is 25.0 Å². The molecule has 2 heterocycles. The molecule has 0 spiro atoms. The third kappa shape index (κ3) is 2.70. The summed E-state index contributed by atoms with van der Waals surface area (Å²) in [5, 5.41) is 6.83. The maximum atomic E-state index is 4.07. The van der Waals surface area contributed by atoms with Crippen LogP contribution in [0.2, 0.25) is 0 Å². The Morgan fingerprint density at radius 1 is 1.57 bits per heavy atom. The highest BCUT2D eigenvalue weighted by molar-refractivity contribution is 5.39. The molecule has 0 saturated carbocycles. The van der Waals surface area contributed by atoms with Crippen molar-refractivity contribution < 1.29 is 0 Å². The molecule has 76 valence electrons. The summed E-state index contributed by atoms with van der Waals surface area (Å²) in [7, 11) is 0. The second kappa shape index (κ2) is 4.96. The van der Waals surface area contributed by atoms with Gasteiger partial charge in [-0.3, -0.25) is 4.98 Å². The first-order valence-corrected chi connectivity index (χ1v) is 5.30. The van der Waals surface area contributed by atoms with Gasteiger partial charge in [-0.15, -0.1) is 0 Å². The zero-order chi connectivity index (χ0) is 9.64. The van der Waals surface area contributed by atoms with Gasteiger partial charge in [-0.05, 0) is 44.0 Å². The molecule has 0 aromatic carbocycles. The van der Waals surface area contributed by atoms with Crippen molar-refractivity contribution in [1.82, 2.24) is 10.3 Å². The van der Waals surface area contributed by atoms with E-state index in [-0.39, 0.29) is 0 Å². The van der Waals surface area contributed by atoms with Gasteiger partial charge < -0.3 is 10.6 Å². The Hall–Kier alpha value is -1.09. The fourth-order valence-electron chi connectivity index (χ4n) is 1.83. The largest absolute Gasteiger partial charge is 0.383 e. The number of nitrogens with zero attached hydrogens (tertiary/aromatic N) is 1. The van der Waals surface area contributed by atoms with Crippen LogP contribution in [0.15, 0.2) is 24.5 Å². The first-order chi connectivity index (χ1) is 6.95. The number of hydrogen-bond acceptors (Lipinski definition) is 3. The molecule has 1 saturated heterocycles. The van der Waals surface area contributed by atoms with Crippen LogP contribution >= 0.6 is 0 Å². The van der Waals surface area contributed by atoms with Crippen molar-refractivity contribution in [3.05, 3.63) is 24.5 Å². The zero-order valence-corrected chi connectivity index (χ0v) is 8.37. The van der Waals surface area contributed by atoms with Crippen LogP contribution in [-0.2, 0) is 0 Å². The minimum absolute atomic E-state index is 0.768. The fraction of sp³-hybridized carbons (Fsp3) is 0.545. The fourth-order valence-corrected chi connectivity index (χ4v) is 1.83. The van der Waals surface area contributed by atoms with E-state index >= 15 is 0 Å². The number of rotatable bonds is 3. The molecule has 2 N–H and O–H groups in total. The van der Waals surface area contributed by atoms with E-state index in [0.29, 0.717) is 0 Å².